The highest BCUT2D eigenvalue weighted by atomic mass is 32.2. The maximum absolute atomic E-state index is 11.3. The van der Waals surface area contributed by atoms with Gasteiger partial charge in [-0.25, -0.2) is 13.6 Å². The first kappa shape index (κ1) is 13.3. The molecule has 1 aromatic rings. The maximum atomic E-state index is 11.3. The highest BCUT2D eigenvalue weighted by Gasteiger charge is 2.14. The third-order valence-corrected chi connectivity index (χ3v) is 3.81. The lowest BCUT2D eigenvalue weighted by Crippen LogP contribution is -2.21. The van der Waals surface area contributed by atoms with E-state index in [2.05, 4.69) is 5.32 Å². The van der Waals surface area contributed by atoms with Crippen molar-refractivity contribution in [3.63, 3.8) is 0 Å². The first-order valence-electron chi connectivity index (χ1n) is 4.82. The summed E-state index contributed by atoms with van der Waals surface area (Å²) in [5.74, 6) is 0.902. The van der Waals surface area contributed by atoms with Crippen LogP contribution in [0.1, 0.15) is 6.92 Å². The highest BCUT2D eigenvalue weighted by molar-refractivity contribution is 7.98. The van der Waals surface area contributed by atoms with Gasteiger partial charge in [0, 0.05) is 11.8 Å². The lowest BCUT2D eigenvalue weighted by atomic mass is 10.3. The van der Waals surface area contributed by atoms with Crippen molar-refractivity contribution in [3.8, 4) is 0 Å². The Kier molecular flexibility index (Phi) is 4.64. The first-order valence-corrected chi connectivity index (χ1v) is 7.76. The highest BCUT2D eigenvalue weighted by Crippen LogP contribution is 2.20. The summed E-state index contributed by atoms with van der Waals surface area (Å²) < 4.78 is 22.7. The second kappa shape index (κ2) is 5.56. The number of para-hydroxylation sites is 1. The molecule has 1 unspecified atom stereocenters. The summed E-state index contributed by atoms with van der Waals surface area (Å²) in [5.41, 5.74) is 0.562. The number of hydrogen-bond donors (Lipinski definition) is 2. The smallest absolute Gasteiger partial charge is 0.240 e. The van der Waals surface area contributed by atoms with E-state index < -0.39 is 10.0 Å². The van der Waals surface area contributed by atoms with Crippen LogP contribution in [0, 0.1) is 0 Å². The summed E-state index contributed by atoms with van der Waals surface area (Å²) >= 11 is 1.70. The van der Waals surface area contributed by atoms with E-state index in [1.165, 1.54) is 6.07 Å². The van der Waals surface area contributed by atoms with E-state index >= 15 is 0 Å². The zero-order valence-electron chi connectivity index (χ0n) is 9.30. The number of rotatable bonds is 5. The molecule has 1 atom stereocenters. The van der Waals surface area contributed by atoms with Gasteiger partial charge in [-0.05, 0) is 25.3 Å². The van der Waals surface area contributed by atoms with Crippen LogP contribution < -0.4 is 10.5 Å². The number of anilines is 1. The number of primary sulfonamides is 1. The molecule has 0 aromatic heterocycles. The molecule has 0 saturated carbocycles. The number of nitrogens with two attached hydrogens (primary N) is 1. The molecule has 90 valence electrons. The van der Waals surface area contributed by atoms with Crippen molar-refractivity contribution in [2.24, 2.45) is 5.14 Å². The summed E-state index contributed by atoms with van der Waals surface area (Å²) in [7, 11) is -3.66. The van der Waals surface area contributed by atoms with Gasteiger partial charge < -0.3 is 5.32 Å². The summed E-state index contributed by atoms with van der Waals surface area (Å²) in [6.45, 7) is 2.00. The minimum Gasteiger partial charge on any atom is -0.381 e. The van der Waals surface area contributed by atoms with Crippen LogP contribution in [0.25, 0.3) is 0 Å². The molecule has 4 nitrogen and oxygen atoms in total. The van der Waals surface area contributed by atoms with Crippen LogP contribution in [0.5, 0.6) is 0 Å². The van der Waals surface area contributed by atoms with E-state index in [0.717, 1.165) is 5.75 Å². The van der Waals surface area contributed by atoms with Gasteiger partial charge in [-0.1, -0.05) is 12.1 Å². The Morgan fingerprint density at radius 1 is 1.44 bits per heavy atom. The number of sulfonamides is 1. The Balaban J connectivity index is 2.96. The maximum Gasteiger partial charge on any atom is 0.240 e. The van der Waals surface area contributed by atoms with Crippen LogP contribution in [-0.4, -0.2) is 26.5 Å². The van der Waals surface area contributed by atoms with Crippen LogP contribution in [0.4, 0.5) is 5.69 Å². The molecular formula is C10H16N2O2S2. The van der Waals surface area contributed by atoms with E-state index in [9.17, 15) is 8.42 Å². The quantitative estimate of drug-likeness (QED) is 0.841. The molecule has 1 aromatic carbocycles. The fourth-order valence-corrected chi connectivity index (χ4v) is 2.68. The van der Waals surface area contributed by atoms with Crippen LogP contribution in [0.15, 0.2) is 29.2 Å². The van der Waals surface area contributed by atoms with E-state index in [0.29, 0.717) is 5.69 Å². The van der Waals surface area contributed by atoms with Crippen LogP contribution in [0.3, 0.4) is 0 Å². The Morgan fingerprint density at radius 3 is 2.62 bits per heavy atom. The van der Waals surface area contributed by atoms with Gasteiger partial charge in [0.2, 0.25) is 10.0 Å². The summed E-state index contributed by atoms with van der Waals surface area (Å²) in [6.07, 6.45) is 2.00. The lowest BCUT2D eigenvalue weighted by molar-refractivity contribution is 0.598. The van der Waals surface area contributed by atoms with Gasteiger partial charge in [-0.2, -0.15) is 11.8 Å². The molecule has 0 radical (unpaired) electrons. The third-order valence-electron chi connectivity index (χ3n) is 2.01. The van der Waals surface area contributed by atoms with Crippen LogP contribution >= 0.6 is 11.8 Å². The Labute approximate surface area is 101 Å². The molecule has 3 N–H and O–H groups in total. The van der Waals surface area contributed by atoms with Gasteiger partial charge in [0.25, 0.3) is 0 Å². The SMILES string of the molecule is CSCC(C)Nc1ccccc1S(N)(=O)=O. The molecule has 0 aliphatic rings. The van der Waals surface area contributed by atoms with Crippen LogP contribution in [-0.2, 0) is 10.0 Å². The van der Waals surface area contributed by atoms with E-state index in [1.807, 2.05) is 13.2 Å². The van der Waals surface area contributed by atoms with Gasteiger partial charge in [0.1, 0.15) is 4.90 Å². The predicted octanol–water partition coefficient (Wildman–Crippen LogP) is 1.50. The molecule has 0 amide bonds. The molecule has 0 fully saturated rings. The molecule has 0 spiro atoms. The molecule has 6 heteroatoms. The van der Waals surface area contributed by atoms with Crippen molar-refractivity contribution in [2.45, 2.75) is 17.9 Å². The summed E-state index contributed by atoms with van der Waals surface area (Å²) in [4.78, 5) is 0.142. The molecular weight excluding hydrogens is 244 g/mol. The van der Waals surface area contributed by atoms with Crippen molar-refractivity contribution < 1.29 is 8.42 Å². The van der Waals surface area contributed by atoms with E-state index in [1.54, 1.807) is 30.0 Å². The molecule has 0 bridgehead atoms. The number of thioether (sulfide) groups is 1. The minimum absolute atomic E-state index is 0.142. The standard InChI is InChI=1S/C10H16N2O2S2/c1-8(7-15-2)12-9-5-3-4-6-10(9)16(11,13)14/h3-6,8,12H,7H2,1-2H3,(H2,11,13,14). The lowest BCUT2D eigenvalue weighted by Gasteiger charge is -2.16. The normalized spacial score (nSPS) is 13.4. The number of hydrogen-bond acceptors (Lipinski definition) is 4. The first-order chi connectivity index (χ1) is 7.45. The topological polar surface area (TPSA) is 72.2 Å². The van der Waals surface area contributed by atoms with Gasteiger partial charge in [-0.3, -0.25) is 0 Å². The average molecular weight is 260 g/mol. The van der Waals surface area contributed by atoms with Crippen molar-refractivity contribution in [3.05, 3.63) is 24.3 Å². The monoisotopic (exact) mass is 260 g/mol. The molecule has 0 saturated heterocycles. The van der Waals surface area contributed by atoms with Crippen molar-refractivity contribution in [2.75, 3.05) is 17.3 Å². The third kappa shape index (κ3) is 3.70. The zero-order valence-corrected chi connectivity index (χ0v) is 10.9. The fourth-order valence-electron chi connectivity index (χ4n) is 1.39. The van der Waals surface area contributed by atoms with Crippen molar-refractivity contribution >= 4 is 27.5 Å². The molecule has 0 heterocycles. The Bertz CT molecular complexity index is 446. The van der Waals surface area contributed by atoms with Gasteiger partial charge in [-0.15, -0.1) is 0 Å². The fraction of sp³-hybridized carbons (Fsp3) is 0.400. The van der Waals surface area contributed by atoms with Crippen LogP contribution in [0.2, 0.25) is 0 Å². The summed E-state index contributed by atoms with van der Waals surface area (Å²) in [5, 5.41) is 8.27. The zero-order chi connectivity index (χ0) is 12.2. The number of benzene rings is 1. The second-order valence-corrected chi connectivity index (χ2v) is 5.98. The van der Waals surface area contributed by atoms with Gasteiger partial charge >= 0.3 is 0 Å². The Morgan fingerprint density at radius 2 is 2.06 bits per heavy atom. The molecule has 0 aliphatic heterocycles. The average Bonchev–Trinajstić information content (AvgIpc) is 2.17. The van der Waals surface area contributed by atoms with E-state index in [-0.39, 0.29) is 10.9 Å². The molecule has 0 aliphatic carbocycles. The minimum atomic E-state index is -3.66. The second-order valence-electron chi connectivity index (χ2n) is 3.54. The summed E-state index contributed by atoms with van der Waals surface area (Å²) in [6, 6.07) is 6.85. The molecule has 16 heavy (non-hydrogen) atoms. The van der Waals surface area contributed by atoms with Gasteiger partial charge in [0.15, 0.2) is 0 Å². The van der Waals surface area contributed by atoms with Crippen molar-refractivity contribution in [1.82, 2.24) is 0 Å². The largest absolute Gasteiger partial charge is 0.381 e. The van der Waals surface area contributed by atoms with Crippen molar-refractivity contribution in [1.29, 1.82) is 0 Å². The Hall–Kier alpha value is -0.720. The number of nitrogens with one attached hydrogen (secondary N) is 1. The predicted molar refractivity (Wildman–Crippen MR) is 69.3 cm³/mol. The molecule has 1 rings (SSSR count). The van der Waals surface area contributed by atoms with E-state index in [4.69, 9.17) is 5.14 Å². The van der Waals surface area contributed by atoms with Gasteiger partial charge in [0.05, 0.1) is 5.69 Å².